The highest BCUT2D eigenvalue weighted by Crippen LogP contribution is 2.10. The third kappa shape index (κ3) is 31.2. The van der Waals surface area contributed by atoms with E-state index in [1.807, 2.05) is 0 Å². The molecule has 0 fully saturated rings. The fraction of sp³-hybridized carbons (Fsp3) is 0.957. The highest BCUT2D eigenvalue weighted by Gasteiger charge is 1.99. The fourth-order valence-corrected chi connectivity index (χ4v) is 3.14. The minimum Gasteiger partial charge on any atom is -0.481 e. The van der Waals surface area contributed by atoms with Crippen molar-refractivity contribution in [1.29, 1.82) is 0 Å². The van der Waals surface area contributed by atoms with Crippen molar-refractivity contribution in [1.82, 2.24) is 4.90 Å². The van der Waals surface area contributed by atoms with E-state index in [2.05, 4.69) is 25.8 Å². The Hall–Kier alpha value is -0.570. The van der Waals surface area contributed by atoms with Crippen LogP contribution in [-0.2, 0) is 4.79 Å². The van der Waals surface area contributed by atoms with Crippen LogP contribution < -0.4 is 0 Å². The van der Waals surface area contributed by atoms with Crippen LogP contribution in [0.1, 0.15) is 124 Å². The molecule has 0 radical (unpaired) electrons. The summed E-state index contributed by atoms with van der Waals surface area (Å²) in [6.07, 6.45) is 22.9. The number of aliphatic carboxylic acids is 1. The minimum atomic E-state index is -0.833. The molecule has 0 heterocycles. The Balaban J connectivity index is 0. The van der Waals surface area contributed by atoms with Gasteiger partial charge in [-0.25, -0.2) is 0 Å². The Morgan fingerprint density at radius 2 is 0.846 bits per heavy atom. The van der Waals surface area contributed by atoms with Gasteiger partial charge in [-0.3, -0.25) is 4.79 Å². The smallest absolute Gasteiger partial charge is 0.300 e. The number of hydrogen-bond donors (Lipinski definition) is 1. The summed E-state index contributed by atoms with van der Waals surface area (Å²) in [5.41, 5.74) is 0. The third-order valence-corrected chi connectivity index (χ3v) is 4.79. The molecule has 0 rings (SSSR count). The molecule has 0 aliphatic rings. The molecule has 0 unspecified atom stereocenters. The summed E-state index contributed by atoms with van der Waals surface area (Å²) in [4.78, 5) is 11.5. The van der Waals surface area contributed by atoms with E-state index in [1.54, 1.807) is 0 Å². The van der Waals surface area contributed by atoms with Crippen LogP contribution in [0.4, 0.5) is 0 Å². The molecule has 0 bridgehead atoms. The van der Waals surface area contributed by atoms with E-state index in [1.165, 1.54) is 116 Å². The van der Waals surface area contributed by atoms with Gasteiger partial charge >= 0.3 is 0 Å². The largest absolute Gasteiger partial charge is 0.481 e. The molecule has 3 nitrogen and oxygen atoms in total. The van der Waals surface area contributed by atoms with Gasteiger partial charge in [-0.2, -0.15) is 0 Å². The van der Waals surface area contributed by atoms with Crippen molar-refractivity contribution in [3.8, 4) is 0 Å². The van der Waals surface area contributed by atoms with Crippen LogP contribution in [0.2, 0.25) is 0 Å². The van der Waals surface area contributed by atoms with Gasteiger partial charge in [-0.05, 0) is 33.0 Å². The first-order chi connectivity index (χ1) is 12.5. The van der Waals surface area contributed by atoms with E-state index in [0.29, 0.717) is 0 Å². The molecule has 3 heteroatoms. The summed E-state index contributed by atoms with van der Waals surface area (Å²) in [6.45, 7) is 8.29. The summed E-state index contributed by atoms with van der Waals surface area (Å²) in [5.74, 6) is -0.833. The fourth-order valence-electron chi connectivity index (χ4n) is 3.14. The lowest BCUT2D eigenvalue weighted by molar-refractivity contribution is -0.134. The average molecular weight is 372 g/mol. The van der Waals surface area contributed by atoms with Crippen molar-refractivity contribution < 1.29 is 9.90 Å². The monoisotopic (exact) mass is 371 g/mol. The van der Waals surface area contributed by atoms with Crippen LogP contribution in [-0.4, -0.2) is 36.1 Å². The molecular formula is C23H49NO2. The maximum absolute atomic E-state index is 9.00. The molecule has 0 aromatic heterocycles. The quantitative estimate of drug-likeness (QED) is 0.257. The van der Waals surface area contributed by atoms with Gasteiger partial charge in [-0.15, -0.1) is 0 Å². The second kappa shape index (κ2) is 24.4. The molecule has 0 saturated heterocycles. The van der Waals surface area contributed by atoms with E-state index in [9.17, 15) is 0 Å². The number of carboxylic acid groups (broad SMARTS) is 1. The van der Waals surface area contributed by atoms with E-state index in [-0.39, 0.29) is 0 Å². The zero-order valence-electron chi connectivity index (χ0n) is 18.5. The number of hydrogen-bond acceptors (Lipinski definition) is 2. The number of nitrogens with zero attached hydrogens (tertiary/aromatic N) is 1. The van der Waals surface area contributed by atoms with Gasteiger partial charge in [0.1, 0.15) is 0 Å². The predicted octanol–water partition coefficient (Wildman–Crippen LogP) is 7.29. The molecule has 158 valence electrons. The van der Waals surface area contributed by atoms with Crippen molar-refractivity contribution in [2.24, 2.45) is 0 Å². The van der Waals surface area contributed by atoms with Gasteiger partial charge < -0.3 is 10.0 Å². The highest BCUT2D eigenvalue weighted by molar-refractivity contribution is 5.62. The summed E-state index contributed by atoms with van der Waals surface area (Å²) >= 11 is 0. The highest BCUT2D eigenvalue weighted by atomic mass is 16.4. The first-order valence-corrected chi connectivity index (χ1v) is 11.4. The molecule has 0 saturated carbocycles. The van der Waals surface area contributed by atoms with Crippen molar-refractivity contribution in [3.63, 3.8) is 0 Å². The normalized spacial score (nSPS) is 10.7. The Bertz CT molecular complexity index is 245. The van der Waals surface area contributed by atoms with E-state index in [4.69, 9.17) is 9.90 Å². The summed E-state index contributed by atoms with van der Waals surface area (Å²) in [6, 6.07) is 0. The van der Waals surface area contributed by atoms with Crippen LogP contribution >= 0.6 is 0 Å². The van der Waals surface area contributed by atoms with Crippen LogP contribution in [0.15, 0.2) is 0 Å². The molecule has 0 atom stereocenters. The summed E-state index contributed by atoms with van der Waals surface area (Å²) in [7, 11) is 2.31. The van der Waals surface area contributed by atoms with E-state index >= 15 is 0 Å². The van der Waals surface area contributed by atoms with Gasteiger partial charge in [0.15, 0.2) is 0 Å². The van der Waals surface area contributed by atoms with Gasteiger partial charge in [0, 0.05) is 6.92 Å². The lowest BCUT2D eigenvalue weighted by atomic mass is 10.1. The molecule has 0 aromatic carbocycles. The second-order valence-electron chi connectivity index (χ2n) is 7.77. The number of carboxylic acids is 1. The molecule has 0 aliphatic heterocycles. The number of unbranched alkanes of at least 4 members (excludes halogenated alkanes) is 14. The molecule has 0 aromatic rings. The Labute approximate surface area is 164 Å². The standard InChI is InChI=1S/C21H45N.C2H4O2/c1-4-6-8-10-12-14-16-18-20-22(3)21-19-17-15-13-11-9-7-5-2;1-2(3)4/h4-21H2,1-3H3;1H3,(H,3,4). The first-order valence-electron chi connectivity index (χ1n) is 11.4. The lowest BCUT2D eigenvalue weighted by Gasteiger charge is -2.16. The molecule has 0 spiro atoms. The van der Waals surface area contributed by atoms with Crippen LogP contribution in [0, 0.1) is 0 Å². The maximum atomic E-state index is 9.00. The van der Waals surface area contributed by atoms with Crippen molar-refractivity contribution >= 4 is 5.97 Å². The van der Waals surface area contributed by atoms with Gasteiger partial charge in [0.25, 0.3) is 5.97 Å². The van der Waals surface area contributed by atoms with Crippen LogP contribution in [0.3, 0.4) is 0 Å². The van der Waals surface area contributed by atoms with E-state index in [0.717, 1.165) is 6.92 Å². The average Bonchev–Trinajstić information content (AvgIpc) is 2.59. The topological polar surface area (TPSA) is 40.5 Å². The summed E-state index contributed by atoms with van der Waals surface area (Å²) < 4.78 is 0. The molecule has 0 aliphatic carbocycles. The van der Waals surface area contributed by atoms with Crippen LogP contribution in [0.25, 0.3) is 0 Å². The summed E-state index contributed by atoms with van der Waals surface area (Å²) in [5, 5.41) is 7.42. The third-order valence-electron chi connectivity index (χ3n) is 4.79. The maximum Gasteiger partial charge on any atom is 0.300 e. The Morgan fingerprint density at radius 3 is 1.12 bits per heavy atom. The van der Waals surface area contributed by atoms with Crippen molar-refractivity contribution in [2.45, 2.75) is 124 Å². The lowest BCUT2D eigenvalue weighted by Crippen LogP contribution is -2.20. The van der Waals surface area contributed by atoms with Gasteiger partial charge in [0.2, 0.25) is 0 Å². The molecular weight excluding hydrogens is 322 g/mol. The zero-order chi connectivity index (χ0) is 19.9. The molecule has 0 amide bonds. The molecule has 26 heavy (non-hydrogen) atoms. The van der Waals surface area contributed by atoms with Crippen molar-refractivity contribution in [2.75, 3.05) is 20.1 Å². The van der Waals surface area contributed by atoms with Crippen LogP contribution in [0.5, 0.6) is 0 Å². The van der Waals surface area contributed by atoms with Crippen molar-refractivity contribution in [3.05, 3.63) is 0 Å². The van der Waals surface area contributed by atoms with Gasteiger partial charge in [-0.1, -0.05) is 104 Å². The first kappa shape index (κ1) is 27.6. The SMILES string of the molecule is CC(=O)O.CCCCCCCCCCN(C)CCCCCCCCCC. The van der Waals surface area contributed by atoms with E-state index < -0.39 is 5.97 Å². The number of rotatable bonds is 18. The molecule has 1 N–H and O–H groups in total. The Morgan fingerprint density at radius 1 is 0.615 bits per heavy atom. The minimum absolute atomic E-state index is 0.833. The Kier molecular flexibility index (Phi) is 26.0. The second-order valence-corrected chi connectivity index (χ2v) is 7.77. The predicted molar refractivity (Wildman–Crippen MR) is 116 cm³/mol. The number of carbonyl (C=O) groups is 1. The van der Waals surface area contributed by atoms with Gasteiger partial charge in [0.05, 0.1) is 0 Å². The zero-order valence-corrected chi connectivity index (χ0v) is 18.5.